The van der Waals surface area contributed by atoms with Gasteiger partial charge in [0.1, 0.15) is 18.3 Å². The summed E-state index contributed by atoms with van der Waals surface area (Å²) in [7, 11) is -1.50. The van der Waals surface area contributed by atoms with E-state index in [9.17, 15) is 18.0 Å². The number of sulfonamides is 1. The van der Waals surface area contributed by atoms with Crippen LogP contribution in [0.1, 0.15) is 38.3 Å². The van der Waals surface area contributed by atoms with Gasteiger partial charge < -0.3 is 24.4 Å². The molecule has 0 aromatic heterocycles. The van der Waals surface area contributed by atoms with Crippen molar-refractivity contribution < 1.29 is 32.2 Å². The fourth-order valence-electron chi connectivity index (χ4n) is 5.34. The molecule has 4 aromatic carbocycles. The molecule has 266 valence electrons. The van der Waals surface area contributed by atoms with Crippen LogP contribution in [0.15, 0.2) is 106 Å². The molecule has 4 aromatic rings. The van der Waals surface area contributed by atoms with Gasteiger partial charge in [-0.1, -0.05) is 65.3 Å². The lowest BCUT2D eigenvalue weighted by atomic mass is 10.0. The van der Waals surface area contributed by atoms with Crippen molar-refractivity contribution in [2.45, 2.75) is 57.1 Å². The Morgan fingerprint density at radius 3 is 2.14 bits per heavy atom. The van der Waals surface area contributed by atoms with Gasteiger partial charge in [-0.05, 0) is 79.9 Å². The standard InChI is InChI=1S/C38H44BrN3O7S/c1-6-27(3)40-38(44)34(23-28-12-9-8-10-13-28)41(25-29-14-11-15-30(39)22-29)37(43)26-42(31-16-18-32(19-17-31)49-7-2)50(45,46)33-20-21-35(47-4)36(24-33)48-5/h8-22,24,27,34H,6-7,23,25-26H2,1-5H3,(H,40,44)/t27-,34+/m1/s1. The van der Waals surface area contributed by atoms with Crippen LogP contribution in [0.3, 0.4) is 0 Å². The van der Waals surface area contributed by atoms with Gasteiger partial charge in [-0.15, -0.1) is 0 Å². The third-order valence-electron chi connectivity index (χ3n) is 8.17. The summed E-state index contributed by atoms with van der Waals surface area (Å²) in [5, 5.41) is 3.05. The maximum absolute atomic E-state index is 14.7. The summed E-state index contributed by atoms with van der Waals surface area (Å²) in [6.07, 6.45) is 0.910. The fourth-order valence-corrected chi connectivity index (χ4v) is 7.21. The van der Waals surface area contributed by atoms with Gasteiger partial charge in [0.05, 0.1) is 31.4 Å². The minimum Gasteiger partial charge on any atom is -0.494 e. The summed E-state index contributed by atoms with van der Waals surface area (Å²) < 4.78 is 47.2. The lowest BCUT2D eigenvalue weighted by Gasteiger charge is -2.34. The summed E-state index contributed by atoms with van der Waals surface area (Å²) in [5.41, 5.74) is 1.85. The Hall–Kier alpha value is -4.55. The third-order valence-corrected chi connectivity index (χ3v) is 10.4. The Morgan fingerprint density at radius 1 is 0.840 bits per heavy atom. The number of halogens is 1. The first-order chi connectivity index (χ1) is 24.0. The van der Waals surface area contributed by atoms with Crippen LogP contribution >= 0.6 is 15.9 Å². The van der Waals surface area contributed by atoms with Crippen LogP contribution in [0.4, 0.5) is 5.69 Å². The Morgan fingerprint density at radius 2 is 1.52 bits per heavy atom. The largest absolute Gasteiger partial charge is 0.494 e. The van der Waals surface area contributed by atoms with Gasteiger partial charge >= 0.3 is 0 Å². The van der Waals surface area contributed by atoms with E-state index < -0.39 is 28.5 Å². The molecule has 0 aliphatic rings. The Kier molecular flexibility index (Phi) is 13.7. The van der Waals surface area contributed by atoms with Crippen LogP contribution < -0.4 is 23.8 Å². The molecule has 50 heavy (non-hydrogen) atoms. The van der Waals surface area contributed by atoms with Gasteiger partial charge in [0.25, 0.3) is 10.0 Å². The number of nitrogens with one attached hydrogen (secondary N) is 1. The second kappa shape index (κ2) is 17.9. The minimum absolute atomic E-state index is 0.0528. The molecular weight excluding hydrogens is 722 g/mol. The molecule has 0 aliphatic heterocycles. The van der Waals surface area contributed by atoms with Crippen molar-refractivity contribution in [1.29, 1.82) is 0 Å². The van der Waals surface area contributed by atoms with Crippen LogP contribution in [-0.4, -0.2) is 64.6 Å². The topological polar surface area (TPSA) is 114 Å². The maximum atomic E-state index is 14.7. The average Bonchev–Trinajstić information content (AvgIpc) is 3.12. The molecule has 0 spiro atoms. The number of carbonyl (C=O) groups is 2. The lowest BCUT2D eigenvalue weighted by molar-refractivity contribution is -0.140. The van der Waals surface area contributed by atoms with Crippen LogP contribution in [0.5, 0.6) is 17.2 Å². The highest BCUT2D eigenvalue weighted by molar-refractivity contribution is 9.10. The van der Waals surface area contributed by atoms with E-state index in [0.717, 1.165) is 19.9 Å². The monoisotopic (exact) mass is 765 g/mol. The van der Waals surface area contributed by atoms with Crippen molar-refractivity contribution >= 4 is 43.5 Å². The number of methoxy groups -OCH3 is 2. The minimum atomic E-state index is -4.37. The predicted octanol–water partition coefficient (Wildman–Crippen LogP) is 6.62. The molecule has 0 unspecified atom stereocenters. The average molecular weight is 767 g/mol. The summed E-state index contributed by atoms with van der Waals surface area (Å²) in [6.45, 7) is 5.61. The van der Waals surface area contributed by atoms with E-state index in [0.29, 0.717) is 24.5 Å². The van der Waals surface area contributed by atoms with Crippen LogP contribution in [0, 0.1) is 0 Å². The summed E-state index contributed by atoms with van der Waals surface area (Å²) in [6, 6.07) is 26.5. The third kappa shape index (κ3) is 9.79. The number of rotatable bonds is 17. The highest BCUT2D eigenvalue weighted by atomic mass is 79.9. The molecule has 0 saturated heterocycles. The van der Waals surface area contributed by atoms with Gasteiger partial charge in [-0.25, -0.2) is 8.42 Å². The smallest absolute Gasteiger partial charge is 0.264 e. The molecule has 2 amide bonds. The number of ether oxygens (including phenoxy) is 3. The lowest BCUT2D eigenvalue weighted by Crippen LogP contribution is -2.54. The Bertz CT molecular complexity index is 1840. The van der Waals surface area contributed by atoms with Gasteiger partial charge in [0.15, 0.2) is 11.5 Å². The van der Waals surface area contributed by atoms with Crippen LogP contribution in [-0.2, 0) is 32.6 Å². The van der Waals surface area contributed by atoms with Crippen molar-refractivity contribution in [3.63, 3.8) is 0 Å². The molecule has 4 rings (SSSR count). The van der Waals surface area contributed by atoms with Crippen molar-refractivity contribution in [3.8, 4) is 17.2 Å². The first-order valence-corrected chi connectivity index (χ1v) is 18.6. The van der Waals surface area contributed by atoms with Crippen molar-refractivity contribution in [3.05, 3.63) is 113 Å². The van der Waals surface area contributed by atoms with E-state index in [4.69, 9.17) is 14.2 Å². The SMILES string of the molecule is CCOc1ccc(N(CC(=O)N(Cc2cccc(Br)c2)[C@@H](Cc2ccccc2)C(=O)N[C@H](C)CC)S(=O)(=O)c2ccc(OC)c(OC)c2)cc1. The zero-order valence-electron chi connectivity index (χ0n) is 29.0. The van der Waals surface area contributed by atoms with Crippen LogP contribution in [0.2, 0.25) is 0 Å². The van der Waals surface area contributed by atoms with E-state index in [1.165, 1.54) is 37.3 Å². The normalized spacial score (nSPS) is 12.4. The molecule has 12 heteroatoms. The fraction of sp³-hybridized carbons (Fsp3) is 0.316. The zero-order valence-corrected chi connectivity index (χ0v) is 31.4. The molecular formula is C38H44BrN3O7S. The summed E-state index contributed by atoms with van der Waals surface area (Å²) >= 11 is 3.51. The number of benzene rings is 4. The van der Waals surface area contributed by atoms with Gasteiger partial charge in [0, 0.05) is 29.5 Å². The predicted molar refractivity (Wildman–Crippen MR) is 198 cm³/mol. The molecule has 0 aliphatic carbocycles. The van der Waals surface area contributed by atoms with Gasteiger partial charge in [-0.3, -0.25) is 13.9 Å². The summed E-state index contributed by atoms with van der Waals surface area (Å²) in [5.74, 6) is 0.218. The maximum Gasteiger partial charge on any atom is 0.264 e. The number of anilines is 1. The zero-order chi connectivity index (χ0) is 36.3. The van der Waals surface area contributed by atoms with Crippen molar-refractivity contribution in [2.75, 3.05) is 31.7 Å². The molecule has 0 heterocycles. The van der Waals surface area contributed by atoms with Gasteiger partial charge in [-0.2, -0.15) is 0 Å². The quantitative estimate of drug-likeness (QED) is 0.129. The number of hydrogen-bond acceptors (Lipinski definition) is 7. The highest BCUT2D eigenvalue weighted by Crippen LogP contribution is 2.33. The Balaban J connectivity index is 1.84. The van der Waals surface area contributed by atoms with Gasteiger partial charge in [0.2, 0.25) is 11.8 Å². The molecule has 0 saturated carbocycles. The first-order valence-electron chi connectivity index (χ1n) is 16.4. The van der Waals surface area contributed by atoms with E-state index in [-0.39, 0.29) is 41.2 Å². The Labute approximate surface area is 303 Å². The van der Waals surface area contributed by atoms with Crippen LogP contribution in [0.25, 0.3) is 0 Å². The molecule has 0 radical (unpaired) electrons. The number of nitrogens with zero attached hydrogens (tertiary/aromatic N) is 2. The van der Waals surface area contributed by atoms with E-state index in [1.54, 1.807) is 24.3 Å². The highest BCUT2D eigenvalue weighted by Gasteiger charge is 2.35. The molecule has 2 atom stereocenters. The molecule has 10 nitrogen and oxygen atoms in total. The number of amides is 2. The molecule has 0 bridgehead atoms. The summed E-state index contributed by atoms with van der Waals surface area (Å²) in [4.78, 5) is 30.1. The van der Waals surface area contributed by atoms with E-state index >= 15 is 0 Å². The molecule has 0 fully saturated rings. The van der Waals surface area contributed by atoms with Crippen molar-refractivity contribution in [1.82, 2.24) is 10.2 Å². The molecule has 1 N–H and O–H groups in total. The first kappa shape index (κ1) is 38.3. The number of carbonyl (C=O) groups excluding carboxylic acids is 2. The van der Waals surface area contributed by atoms with E-state index in [2.05, 4.69) is 21.2 Å². The number of hydrogen-bond donors (Lipinski definition) is 1. The van der Waals surface area contributed by atoms with Crippen molar-refractivity contribution in [2.24, 2.45) is 0 Å². The second-order valence-electron chi connectivity index (χ2n) is 11.6. The second-order valence-corrected chi connectivity index (χ2v) is 14.4. The van der Waals surface area contributed by atoms with E-state index in [1.807, 2.05) is 75.4 Å².